The molecule has 3 aromatic rings. The highest BCUT2D eigenvalue weighted by atomic mass is 16.5. The van der Waals surface area contributed by atoms with Crippen LogP contribution in [-0.2, 0) is 11.3 Å². The van der Waals surface area contributed by atoms with E-state index in [1.54, 1.807) is 31.3 Å². The van der Waals surface area contributed by atoms with Gasteiger partial charge in [0.05, 0.1) is 33.8 Å². The maximum Gasteiger partial charge on any atom is 0.255 e. The first-order valence-corrected chi connectivity index (χ1v) is 11.4. The third-order valence-electron chi connectivity index (χ3n) is 6.34. The number of rotatable bonds is 8. The zero-order valence-electron chi connectivity index (χ0n) is 20.7. The molecule has 2 amide bonds. The van der Waals surface area contributed by atoms with Crippen LogP contribution >= 0.6 is 0 Å². The molecule has 0 radical (unpaired) electrons. The van der Waals surface area contributed by atoms with E-state index in [1.807, 2.05) is 56.3 Å². The molecule has 0 spiro atoms. The molecule has 1 aliphatic heterocycles. The summed E-state index contributed by atoms with van der Waals surface area (Å²) in [5, 5.41) is 3.03. The third kappa shape index (κ3) is 4.80. The van der Waals surface area contributed by atoms with E-state index in [0.717, 1.165) is 27.9 Å². The Hall–Kier alpha value is -4.00. The van der Waals surface area contributed by atoms with Crippen LogP contribution in [0.3, 0.4) is 0 Å². The van der Waals surface area contributed by atoms with Crippen molar-refractivity contribution in [2.24, 2.45) is 0 Å². The van der Waals surface area contributed by atoms with E-state index >= 15 is 0 Å². The van der Waals surface area contributed by atoms with E-state index < -0.39 is 6.04 Å². The molecule has 1 N–H and O–H groups in total. The Bertz CT molecular complexity index is 1240. The van der Waals surface area contributed by atoms with E-state index in [9.17, 15) is 9.59 Å². The lowest BCUT2D eigenvalue weighted by Gasteiger charge is -2.29. The SMILES string of the molecule is COc1cc([C@H](CC(=O)Nc2cc(C)ccc2C)N2Cc3ccccc3C2=O)cc(OC)c1OC. The molecule has 0 aromatic heterocycles. The third-order valence-corrected chi connectivity index (χ3v) is 6.34. The molecule has 0 unspecified atom stereocenters. The molecule has 182 valence electrons. The fourth-order valence-electron chi connectivity index (χ4n) is 4.48. The number of carbonyl (C=O) groups is 2. The van der Waals surface area contributed by atoms with Gasteiger partial charge in [0.15, 0.2) is 11.5 Å². The summed E-state index contributed by atoms with van der Waals surface area (Å²) >= 11 is 0. The van der Waals surface area contributed by atoms with Gasteiger partial charge in [-0.2, -0.15) is 0 Å². The van der Waals surface area contributed by atoms with Crippen molar-refractivity contribution >= 4 is 17.5 Å². The molecule has 0 fully saturated rings. The Morgan fingerprint density at radius 1 is 0.971 bits per heavy atom. The lowest BCUT2D eigenvalue weighted by Crippen LogP contribution is -2.32. The summed E-state index contributed by atoms with van der Waals surface area (Å²) in [4.78, 5) is 28.4. The quantitative estimate of drug-likeness (QED) is 0.494. The first-order valence-electron chi connectivity index (χ1n) is 11.4. The van der Waals surface area contributed by atoms with Gasteiger partial charge in [-0.3, -0.25) is 9.59 Å². The zero-order valence-corrected chi connectivity index (χ0v) is 20.7. The number of ether oxygens (including phenoxy) is 3. The number of nitrogens with zero attached hydrogens (tertiary/aromatic N) is 1. The van der Waals surface area contributed by atoms with Gasteiger partial charge in [0, 0.05) is 17.8 Å². The van der Waals surface area contributed by atoms with E-state index in [4.69, 9.17) is 14.2 Å². The molecule has 0 bridgehead atoms. The summed E-state index contributed by atoms with van der Waals surface area (Å²) in [5.74, 6) is 1.07. The van der Waals surface area contributed by atoms with E-state index in [1.165, 1.54) is 7.11 Å². The summed E-state index contributed by atoms with van der Waals surface area (Å²) < 4.78 is 16.5. The number of benzene rings is 3. The molecule has 1 aliphatic rings. The molecule has 1 atom stereocenters. The molecule has 0 saturated carbocycles. The number of anilines is 1. The average Bonchev–Trinajstić information content (AvgIpc) is 3.20. The summed E-state index contributed by atoms with van der Waals surface area (Å²) in [6.45, 7) is 4.34. The fraction of sp³-hybridized carbons (Fsp3) is 0.286. The first-order chi connectivity index (χ1) is 16.9. The highest BCUT2D eigenvalue weighted by Gasteiger charge is 2.35. The number of aryl methyl sites for hydroxylation is 2. The number of methoxy groups -OCH3 is 3. The Labute approximate surface area is 205 Å². The van der Waals surface area contributed by atoms with Crippen LogP contribution in [0.1, 0.15) is 45.1 Å². The van der Waals surface area contributed by atoms with Crippen LogP contribution in [0.15, 0.2) is 54.6 Å². The van der Waals surface area contributed by atoms with Gasteiger partial charge in [0.25, 0.3) is 5.91 Å². The van der Waals surface area contributed by atoms with Gasteiger partial charge < -0.3 is 24.4 Å². The van der Waals surface area contributed by atoms with Crippen LogP contribution in [0.2, 0.25) is 0 Å². The molecule has 0 saturated heterocycles. The second-order valence-electron chi connectivity index (χ2n) is 8.64. The predicted molar refractivity (Wildman–Crippen MR) is 134 cm³/mol. The number of nitrogens with one attached hydrogen (secondary N) is 1. The number of amides is 2. The fourth-order valence-corrected chi connectivity index (χ4v) is 4.48. The molecule has 7 nitrogen and oxygen atoms in total. The van der Waals surface area contributed by atoms with Crippen LogP contribution in [0.4, 0.5) is 5.69 Å². The topological polar surface area (TPSA) is 77.1 Å². The van der Waals surface area contributed by atoms with Gasteiger partial charge in [-0.25, -0.2) is 0 Å². The van der Waals surface area contributed by atoms with Gasteiger partial charge in [-0.05, 0) is 60.4 Å². The van der Waals surface area contributed by atoms with Gasteiger partial charge in [-0.15, -0.1) is 0 Å². The molecular weight excluding hydrogens is 444 g/mol. The smallest absolute Gasteiger partial charge is 0.255 e. The number of carbonyl (C=O) groups excluding carboxylic acids is 2. The van der Waals surface area contributed by atoms with Crippen molar-refractivity contribution in [3.63, 3.8) is 0 Å². The summed E-state index contributed by atoms with van der Waals surface area (Å²) in [6.07, 6.45) is 0.0613. The van der Waals surface area contributed by atoms with Crippen molar-refractivity contribution in [3.05, 3.63) is 82.4 Å². The summed E-state index contributed by atoms with van der Waals surface area (Å²) in [5.41, 5.74) is 5.09. The standard InChI is InChI=1S/C28H30N2O5/c1-17-10-11-18(2)22(12-17)29-26(31)15-23(30-16-19-8-6-7-9-21(19)28(30)32)20-13-24(33-3)27(35-5)25(14-20)34-4/h6-14,23H,15-16H2,1-5H3,(H,29,31)/t23-/m0/s1. The Morgan fingerprint density at radius 3 is 2.29 bits per heavy atom. The Morgan fingerprint density at radius 2 is 1.66 bits per heavy atom. The Kier molecular flexibility index (Phi) is 6.96. The summed E-state index contributed by atoms with van der Waals surface area (Å²) in [6, 6.07) is 16.5. The van der Waals surface area contributed by atoms with Crippen molar-refractivity contribution in [2.75, 3.05) is 26.6 Å². The second kappa shape index (κ2) is 10.1. The minimum Gasteiger partial charge on any atom is -0.493 e. The molecule has 4 rings (SSSR count). The zero-order chi connectivity index (χ0) is 25.1. The molecule has 7 heteroatoms. The van der Waals surface area contributed by atoms with Crippen LogP contribution < -0.4 is 19.5 Å². The lowest BCUT2D eigenvalue weighted by atomic mass is 9.99. The minimum atomic E-state index is -0.547. The van der Waals surface area contributed by atoms with Crippen molar-refractivity contribution < 1.29 is 23.8 Å². The van der Waals surface area contributed by atoms with Crippen molar-refractivity contribution in [1.29, 1.82) is 0 Å². The Balaban J connectivity index is 1.73. The minimum absolute atomic E-state index is 0.0613. The predicted octanol–water partition coefficient (Wildman–Crippen LogP) is 5.06. The highest BCUT2D eigenvalue weighted by molar-refractivity contribution is 5.99. The van der Waals surface area contributed by atoms with Crippen LogP contribution in [0, 0.1) is 13.8 Å². The number of hydrogen-bond acceptors (Lipinski definition) is 5. The highest BCUT2D eigenvalue weighted by Crippen LogP contribution is 2.43. The molecule has 35 heavy (non-hydrogen) atoms. The van der Waals surface area contributed by atoms with E-state index in [-0.39, 0.29) is 18.2 Å². The monoisotopic (exact) mass is 474 g/mol. The van der Waals surface area contributed by atoms with Crippen LogP contribution in [0.25, 0.3) is 0 Å². The number of fused-ring (bicyclic) bond motifs is 1. The first kappa shape index (κ1) is 24.1. The molecule has 1 heterocycles. The second-order valence-corrected chi connectivity index (χ2v) is 8.64. The van der Waals surface area contributed by atoms with E-state index in [0.29, 0.717) is 29.4 Å². The molecule has 3 aromatic carbocycles. The maximum atomic E-state index is 13.4. The molecule has 0 aliphatic carbocycles. The van der Waals surface area contributed by atoms with Gasteiger partial charge in [0.2, 0.25) is 11.7 Å². The van der Waals surface area contributed by atoms with Crippen LogP contribution in [-0.4, -0.2) is 38.0 Å². The van der Waals surface area contributed by atoms with Gasteiger partial charge >= 0.3 is 0 Å². The molecular formula is C28H30N2O5. The van der Waals surface area contributed by atoms with Crippen molar-refractivity contribution in [2.45, 2.75) is 32.9 Å². The van der Waals surface area contributed by atoms with Crippen molar-refractivity contribution in [1.82, 2.24) is 4.90 Å². The average molecular weight is 475 g/mol. The van der Waals surface area contributed by atoms with Gasteiger partial charge in [0.1, 0.15) is 0 Å². The van der Waals surface area contributed by atoms with E-state index in [2.05, 4.69) is 5.32 Å². The largest absolute Gasteiger partial charge is 0.493 e. The lowest BCUT2D eigenvalue weighted by molar-refractivity contribution is -0.117. The number of hydrogen-bond donors (Lipinski definition) is 1. The van der Waals surface area contributed by atoms with Crippen LogP contribution in [0.5, 0.6) is 17.2 Å². The van der Waals surface area contributed by atoms with Crippen molar-refractivity contribution in [3.8, 4) is 17.2 Å². The van der Waals surface area contributed by atoms with Gasteiger partial charge in [-0.1, -0.05) is 30.3 Å². The summed E-state index contributed by atoms with van der Waals surface area (Å²) in [7, 11) is 4.62. The maximum absolute atomic E-state index is 13.4. The normalized spacial score (nSPS) is 13.3.